The molecule has 3 aliphatic rings. The van der Waals surface area contributed by atoms with Crippen molar-refractivity contribution in [3.05, 3.63) is 12.2 Å². The van der Waals surface area contributed by atoms with Crippen LogP contribution in [0, 0.1) is 17.8 Å². The Morgan fingerprint density at radius 1 is 1.40 bits per heavy atom. The first-order valence-electron chi connectivity index (χ1n) is 7.53. The molecule has 3 rings (SSSR count). The number of fused-ring (bicyclic) bond motifs is 1. The molecule has 1 heterocycles. The van der Waals surface area contributed by atoms with Crippen molar-refractivity contribution in [2.45, 2.75) is 30.3 Å². The van der Waals surface area contributed by atoms with Gasteiger partial charge in [0.25, 0.3) is 0 Å². The Balaban J connectivity index is 1.49. The van der Waals surface area contributed by atoms with Crippen molar-refractivity contribution in [2.24, 2.45) is 17.8 Å². The van der Waals surface area contributed by atoms with Gasteiger partial charge >= 0.3 is 27.3 Å². The summed E-state index contributed by atoms with van der Waals surface area (Å²) in [6.07, 6.45) is 0.221. The lowest BCUT2D eigenvalue weighted by atomic mass is 9.88. The molecule has 2 aliphatic carbocycles. The molecule has 2 saturated carbocycles. The highest BCUT2D eigenvalue weighted by molar-refractivity contribution is 7.86. The maximum absolute atomic E-state index is 13.0. The van der Waals surface area contributed by atoms with Gasteiger partial charge in [0.2, 0.25) is 0 Å². The number of alkyl halides is 2. The number of ether oxygens (including phenoxy) is 3. The second-order valence-electron chi connectivity index (χ2n) is 6.48. The Labute approximate surface area is 141 Å². The molecule has 1 aliphatic heterocycles. The van der Waals surface area contributed by atoms with Gasteiger partial charge in [0.1, 0.15) is 18.8 Å². The van der Waals surface area contributed by atoms with Crippen molar-refractivity contribution in [1.82, 2.24) is 0 Å². The molecule has 2 bridgehead atoms. The number of hydrogen-bond acceptors (Lipinski definition) is 7. The fourth-order valence-corrected chi connectivity index (χ4v) is 3.93. The number of hydrogen-bond donors (Lipinski definition) is 1. The zero-order valence-electron chi connectivity index (χ0n) is 12.9. The van der Waals surface area contributed by atoms with Crippen molar-refractivity contribution in [2.75, 3.05) is 13.2 Å². The second-order valence-corrected chi connectivity index (χ2v) is 8.03. The van der Waals surface area contributed by atoms with Crippen LogP contribution in [-0.2, 0) is 33.9 Å². The Morgan fingerprint density at radius 2 is 2.08 bits per heavy atom. The average molecular weight is 382 g/mol. The van der Waals surface area contributed by atoms with E-state index in [9.17, 15) is 26.8 Å². The summed E-state index contributed by atoms with van der Waals surface area (Å²) in [5, 5.41) is -4.49. The lowest BCUT2D eigenvalue weighted by Crippen LogP contribution is -2.37. The van der Waals surface area contributed by atoms with Crippen LogP contribution in [0.25, 0.3) is 0 Å². The molecule has 0 spiro atoms. The third-order valence-electron chi connectivity index (χ3n) is 4.87. The number of rotatable bonds is 7. The molecular formula is C14H16F2O8S. The molecule has 0 amide bonds. The van der Waals surface area contributed by atoms with Gasteiger partial charge in [-0.1, -0.05) is 6.58 Å². The summed E-state index contributed by atoms with van der Waals surface area (Å²) in [4.78, 5) is 23.6. The van der Waals surface area contributed by atoms with Gasteiger partial charge in [-0.05, 0) is 12.8 Å². The summed E-state index contributed by atoms with van der Waals surface area (Å²) in [6.45, 7) is 1.03. The van der Waals surface area contributed by atoms with Crippen LogP contribution in [0.2, 0.25) is 0 Å². The topological polar surface area (TPSA) is 116 Å². The third-order valence-corrected chi connectivity index (χ3v) is 5.74. The monoisotopic (exact) mass is 382 g/mol. The molecule has 25 heavy (non-hydrogen) atoms. The number of halogens is 2. The predicted molar refractivity (Wildman–Crippen MR) is 75.9 cm³/mol. The minimum atomic E-state index is -5.61. The van der Waals surface area contributed by atoms with Crippen molar-refractivity contribution in [3.63, 3.8) is 0 Å². The molecule has 5 atom stereocenters. The van der Waals surface area contributed by atoms with E-state index in [1.54, 1.807) is 0 Å². The summed E-state index contributed by atoms with van der Waals surface area (Å²) >= 11 is 0. The van der Waals surface area contributed by atoms with E-state index in [-0.39, 0.29) is 29.3 Å². The van der Waals surface area contributed by atoms with Gasteiger partial charge in [-0.3, -0.25) is 9.35 Å². The molecule has 0 aromatic heterocycles. The van der Waals surface area contributed by atoms with Gasteiger partial charge in [0, 0.05) is 11.8 Å². The first kappa shape index (κ1) is 18.2. The van der Waals surface area contributed by atoms with E-state index in [4.69, 9.17) is 14.0 Å². The summed E-state index contributed by atoms with van der Waals surface area (Å²) < 4.78 is 70.1. The highest BCUT2D eigenvalue weighted by Crippen LogP contribution is 2.55. The van der Waals surface area contributed by atoms with Crippen molar-refractivity contribution in [1.29, 1.82) is 0 Å². The lowest BCUT2D eigenvalue weighted by molar-refractivity contribution is -0.158. The first-order chi connectivity index (χ1) is 11.5. The van der Waals surface area contributed by atoms with E-state index in [2.05, 4.69) is 11.3 Å². The molecule has 5 unspecified atom stereocenters. The first-order valence-corrected chi connectivity index (χ1v) is 8.97. The van der Waals surface area contributed by atoms with Crippen LogP contribution in [0.4, 0.5) is 8.78 Å². The lowest BCUT2D eigenvalue weighted by Gasteiger charge is -2.25. The van der Waals surface area contributed by atoms with Crippen molar-refractivity contribution >= 4 is 22.1 Å². The SMILES string of the molecule is C=C(COCC(F)(F)S(=O)(=O)O)C(=O)OC1C2CC3C(=O)OC1C3C2. The van der Waals surface area contributed by atoms with Gasteiger partial charge in [0.05, 0.1) is 18.1 Å². The molecule has 3 fully saturated rings. The minimum Gasteiger partial charge on any atom is -0.458 e. The van der Waals surface area contributed by atoms with Crippen LogP contribution in [0.5, 0.6) is 0 Å². The Bertz CT molecular complexity index is 718. The van der Waals surface area contributed by atoms with E-state index in [1.165, 1.54) is 0 Å². The largest absolute Gasteiger partial charge is 0.458 e. The zero-order valence-corrected chi connectivity index (χ0v) is 13.7. The quantitative estimate of drug-likeness (QED) is 0.385. The normalized spacial score (nSPS) is 33.4. The number of carbonyl (C=O) groups is 2. The van der Waals surface area contributed by atoms with E-state index in [0.717, 1.165) is 6.42 Å². The van der Waals surface area contributed by atoms with E-state index in [0.29, 0.717) is 6.42 Å². The molecule has 0 radical (unpaired) electrons. The Morgan fingerprint density at radius 3 is 2.72 bits per heavy atom. The van der Waals surface area contributed by atoms with E-state index in [1.807, 2.05) is 0 Å². The number of carbonyl (C=O) groups excluding carboxylic acids is 2. The summed E-state index contributed by atoms with van der Waals surface area (Å²) in [7, 11) is -5.61. The fourth-order valence-electron chi connectivity index (χ4n) is 3.70. The van der Waals surface area contributed by atoms with Crippen molar-refractivity contribution < 1.29 is 45.6 Å². The smallest absolute Gasteiger partial charge is 0.392 e. The highest BCUT2D eigenvalue weighted by atomic mass is 32.2. The second kappa shape index (κ2) is 5.99. The maximum Gasteiger partial charge on any atom is 0.392 e. The van der Waals surface area contributed by atoms with Crippen LogP contribution >= 0.6 is 0 Å². The Hall–Kier alpha value is -1.59. The van der Waals surface area contributed by atoms with Crippen LogP contribution in [-0.4, -0.2) is 55.6 Å². The van der Waals surface area contributed by atoms with E-state index >= 15 is 0 Å². The van der Waals surface area contributed by atoms with Crippen molar-refractivity contribution in [3.8, 4) is 0 Å². The maximum atomic E-state index is 13.0. The summed E-state index contributed by atoms with van der Waals surface area (Å²) in [5.74, 6) is -1.28. The van der Waals surface area contributed by atoms with Gasteiger partial charge in [-0.15, -0.1) is 0 Å². The minimum absolute atomic E-state index is 0.00739. The standard InChI is InChI=1S/C14H16F2O8S/c1-6(4-22-5-14(15,16)25(19,20)21)12(17)23-10-7-2-8-9(3-7)13(18)24-11(8)10/h7-11H,1-5H2,(H,19,20,21). The summed E-state index contributed by atoms with van der Waals surface area (Å²) in [6, 6.07) is 0. The van der Waals surface area contributed by atoms with Gasteiger partial charge in [-0.2, -0.15) is 17.2 Å². The Kier molecular flexibility index (Phi) is 4.36. The predicted octanol–water partition coefficient (Wildman–Crippen LogP) is 0.533. The molecule has 1 saturated heterocycles. The molecule has 11 heteroatoms. The van der Waals surface area contributed by atoms with Gasteiger partial charge in [-0.25, -0.2) is 4.79 Å². The third kappa shape index (κ3) is 3.15. The van der Waals surface area contributed by atoms with Crippen LogP contribution < -0.4 is 0 Å². The zero-order chi connectivity index (χ0) is 18.6. The van der Waals surface area contributed by atoms with E-state index < -0.39 is 46.8 Å². The molecule has 1 N–H and O–H groups in total. The van der Waals surface area contributed by atoms with Crippen LogP contribution in [0.1, 0.15) is 12.8 Å². The molecule has 8 nitrogen and oxygen atoms in total. The number of esters is 2. The summed E-state index contributed by atoms with van der Waals surface area (Å²) in [5.41, 5.74) is -0.296. The molecular weight excluding hydrogens is 366 g/mol. The van der Waals surface area contributed by atoms with Gasteiger partial charge in [0.15, 0.2) is 0 Å². The molecule has 0 aromatic rings. The highest BCUT2D eigenvalue weighted by Gasteiger charge is 2.63. The molecule has 0 aromatic carbocycles. The van der Waals surface area contributed by atoms with Gasteiger partial charge < -0.3 is 14.2 Å². The average Bonchev–Trinajstić information content (AvgIpc) is 3.10. The molecule has 140 valence electrons. The van der Waals surface area contributed by atoms with Crippen LogP contribution in [0.3, 0.4) is 0 Å². The van der Waals surface area contributed by atoms with Crippen LogP contribution in [0.15, 0.2) is 12.2 Å². The fraction of sp³-hybridized carbons (Fsp3) is 0.714.